The van der Waals surface area contributed by atoms with Crippen LogP contribution < -0.4 is 0 Å². The van der Waals surface area contributed by atoms with E-state index >= 15 is 0 Å². The van der Waals surface area contributed by atoms with Crippen molar-refractivity contribution in [3.05, 3.63) is 0 Å². The summed E-state index contributed by atoms with van der Waals surface area (Å²) in [6, 6.07) is 0. The minimum atomic E-state index is -0.0593. The van der Waals surface area contributed by atoms with Gasteiger partial charge in [-0.15, -0.1) is 0 Å². The summed E-state index contributed by atoms with van der Waals surface area (Å²) < 4.78 is 4.75. The molecule has 0 bridgehead atoms. The van der Waals surface area contributed by atoms with Gasteiger partial charge in [0.25, 0.3) is 0 Å². The smallest absolute Gasteiger partial charge is 0.305 e. The second-order valence-electron chi connectivity index (χ2n) is 2.26. The van der Waals surface area contributed by atoms with Gasteiger partial charge < -0.3 is 4.74 Å². The topological polar surface area (TPSA) is 26.3 Å². The van der Waals surface area contributed by atoms with E-state index in [0.29, 0.717) is 13.0 Å². The van der Waals surface area contributed by atoms with Crippen LogP contribution in [0.4, 0.5) is 0 Å². The molecule has 3 heteroatoms. The first kappa shape index (κ1) is 14.3. The van der Waals surface area contributed by atoms with E-state index in [1.54, 1.807) is 0 Å². The first-order valence-electron chi connectivity index (χ1n) is 3.96. The summed E-state index contributed by atoms with van der Waals surface area (Å²) in [5.41, 5.74) is 0. The number of hydrogen-bond donors (Lipinski definition) is 0. The van der Waals surface area contributed by atoms with Crippen LogP contribution in [0.2, 0.25) is 0 Å². The fraction of sp³-hybridized carbons (Fsp3) is 0.875. The van der Waals surface area contributed by atoms with E-state index < -0.39 is 0 Å². The van der Waals surface area contributed by atoms with Gasteiger partial charge in [-0.05, 0) is 13.3 Å². The molecule has 2 nitrogen and oxygen atoms in total. The van der Waals surface area contributed by atoms with Crippen molar-refractivity contribution in [2.45, 2.75) is 39.5 Å². The van der Waals surface area contributed by atoms with Crippen LogP contribution in [0.25, 0.3) is 0 Å². The van der Waals surface area contributed by atoms with Gasteiger partial charge in [0.1, 0.15) is 0 Å². The van der Waals surface area contributed by atoms with Gasteiger partial charge >= 0.3 is 5.97 Å². The quantitative estimate of drug-likeness (QED) is 0.574. The van der Waals surface area contributed by atoms with E-state index in [1.807, 2.05) is 6.92 Å². The monoisotopic (exact) mass is 302 g/mol. The fourth-order valence-corrected chi connectivity index (χ4v) is 0.752. The van der Waals surface area contributed by atoms with E-state index in [2.05, 4.69) is 6.92 Å². The van der Waals surface area contributed by atoms with Crippen LogP contribution in [-0.2, 0) is 9.53 Å². The second-order valence-corrected chi connectivity index (χ2v) is 2.26. The normalized spacial score (nSPS) is 8.55. The third-order valence-electron chi connectivity index (χ3n) is 1.29. The maximum Gasteiger partial charge on any atom is 0.305 e. The van der Waals surface area contributed by atoms with Crippen molar-refractivity contribution >= 4 is 5.97 Å². The molecule has 0 aliphatic heterocycles. The summed E-state index contributed by atoms with van der Waals surface area (Å²) in [6.45, 7) is 4.45. The molecule has 0 rings (SSSR count). The predicted octanol–water partition coefficient (Wildman–Crippen LogP) is 2.13. The average Bonchev–Trinajstić information content (AvgIpc) is 1.89. The number of hydrogen-bond acceptors (Lipinski definition) is 2. The zero-order valence-electron chi connectivity index (χ0n) is 7.21. The van der Waals surface area contributed by atoms with Gasteiger partial charge in [0.05, 0.1) is 6.61 Å². The van der Waals surface area contributed by atoms with Crippen molar-refractivity contribution in [3.8, 4) is 0 Å². The Balaban J connectivity index is 0. The molecule has 0 saturated carbocycles. The van der Waals surface area contributed by atoms with E-state index in [-0.39, 0.29) is 45.9 Å². The van der Waals surface area contributed by atoms with Gasteiger partial charge in [0.15, 0.2) is 0 Å². The van der Waals surface area contributed by atoms with Crippen LogP contribution in [0.5, 0.6) is 0 Å². The molecule has 0 aromatic carbocycles. The molecular weight excluding hydrogens is 285 g/mol. The van der Waals surface area contributed by atoms with Gasteiger partial charge in [-0.2, -0.15) is 0 Å². The van der Waals surface area contributed by atoms with Crippen LogP contribution in [0.15, 0.2) is 0 Å². The Morgan fingerprint density at radius 1 is 1.27 bits per heavy atom. The van der Waals surface area contributed by atoms with Crippen LogP contribution >= 0.6 is 0 Å². The van der Waals surface area contributed by atoms with Crippen molar-refractivity contribution in [1.82, 2.24) is 0 Å². The Morgan fingerprint density at radius 3 is 2.36 bits per heavy atom. The van der Waals surface area contributed by atoms with Crippen LogP contribution in [0, 0.1) is 39.9 Å². The van der Waals surface area contributed by atoms with Crippen molar-refractivity contribution in [2.75, 3.05) is 6.61 Å². The largest absolute Gasteiger partial charge is 0.466 e. The molecule has 0 heterocycles. The molecule has 0 N–H and O–H groups in total. The van der Waals surface area contributed by atoms with Crippen molar-refractivity contribution in [2.24, 2.45) is 0 Å². The Hall–Kier alpha value is 0.795. The number of carbonyl (C=O) groups excluding carboxylic acids is 1. The zero-order valence-corrected chi connectivity index (χ0v) is 9.47. The van der Waals surface area contributed by atoms with E-state index in [4.69, 9.17) is 4.74 Å². The number of ether oxygens (including phenoxy) is 1. The number of rotatable bonds is 5. The fourth-order valence-electron chi connectivity index (χ4n) is 0.752. The summed E-state index contributed by atoms with van der Waals surface area (Å²) >= 11 is 0. The van der Waals surface area contributed by atoms with Crippen molar-refractivity contribution in [1.29, 1.82) is 0 Å². The maximum atomic E-state index is 10.7. The summed E-state index contributed by atoms with van der Waals surface area (Å²) in [6.07, 6.45) is 3.83. The molecule has 0 atom stereocenters. The number of unbranched alkanes of at least 4 members (excludes halogenated alkanes) is 2. The van der Waals surface area contributed by atoms with Crippen molar-refractivity contribution in [3.63, 3.8) is 0 Å². The van der Waals surface area contributed by atoms with Gasteiger partial charge in [-0.3, -0.25) is 4.79 Å². The Kier molecular flexibility index (Phi) is 14.1. The number of carbonyl (C=O) groups is 1. The molecule has 0 fully saturated rings. The van der Waals surface area contributed by atoms with Crippen LogP contribution in [-0.4, -0.2) is 12.6 Å². The zero-order chi connectivity index (χ0) is 7.82. The number of esters is 1. The third-order valence-corrected chi connectivity index (χ3v) is 1.29. The van der Waals surface area contributed by atoms with Crippen LogP contribution in [0.1, 0.15) is 39.5 Å². The van der Waals surface area contributed by atoms with Crippen molar-refractivity contribution < 1.29 is 49.5 Å². The molecular formula is C8H16GdO2. The molecule has 0 spiro atoms. The Labute approximate surface area is 101 Å². The Bertz CT molecular complexity index is 94.1. The first-order chi connectivity index (χ1) is 4.81. The minimum Gasteiger partial charge on any atom is -0.466 e. The SMILES string of the molecule is CCCCCC(=O)OCC.[Gd]. The third kappa shape index (κ3) is 10.8. The van der Waals surface area contributed by atoms with Gasteiger partial charge in [-0.25, -0.2) is 0 Å². The molecule has 11 heavy (non-hydrogen) atoms. The van der Waals surface area contributed by atoms with Gasteiger partial charge in [-0.1, -0.05) is 19.8 Å². The minimum absolute atomic E-state index is 0. The van der Waals surface area contributed by atoms with E-state index in [0.717, 1.165) is 19.3 Å². The molecule has 0 radical (unpaired) electrons. The summed E-state index contributed by atoms with van der Waals surface area (Å²) in [7, 11) is 0. The molecule has 0 aromatic heterocycles. The average molecular weight is 301 g/mol. The van der Waals surface area contributed by atoms with E-state index in [1.165, 1.54) is 0 Å². The summed E-state index contributed by atoms with van der Waals surface area (Å²) in [5, 5.41) is 0. The van der Waals surface area contributed by atoms with Crippen LogP contribution in [0.3, 0.4) is 0 Å². The maximum absolute atomic E-state index is 10.7. The molecule has 0 aliphatic carbocycles. The molecule has 0 unspecified atom stereocenters. The standard InChI is InChI=1S/C8H16O2.Gd/c1-3-5-6-7-8(9)10-4-2;/h3-7H2,1-2H3;. The van der Waals surface area contributed by atoms with E-state index in [9.17, 15) is 4.79 Å². The van der Waals surface area contributed by atoms with Gasteiger partial charge in [0, 0.05) is 46.4 Å². The molecule has 0 amide bonds. The summed E-state index contributed by atoms with van der Waals surface area (Å²) in [4.78, 5) is 10.7. The molecule has 68 valence electrons. The first-order valence-corrected chi connectivity index (χ1v) is 3.96. The molecule has 0 aromatic rings. The summed E-state index contributed by atoms with van der Waals surface area (Å²) in [5.74, 6) is -0.0593. The van der Waals surface area contributed by atoms with Gasteiger partial charge in [0.2, 0.25) is 0 Å². The predicted molar refractivity (Wildman–Crippen MR) is 40.8 cm³/mol. The molecule has 0 saturated heterocycles. The Morgan fingerprint density at radius 2 is 1.91 bits per heavy atom. The molecule has 0 aliphatic rings. The second kappa shape index (κ2) is 10.8.